The summed E-state index contributed by atoms with van der Waals surface area (Å²) in [6.45, 7) is 2.33. The number of hydrogen-bond donors (Lipinski definition) is 1. The van der Waals surface area contributed by atoms with E-state index in [0.717, 1.165) is 18.7 Å². The van der Waals surface area contributed by atoms with Gasteiger partial charge in [-0.05, 0) is 42.7 Å². The summed E-state index contributed by atoms with van der Waals surface area (Å²) >= 11 is 0. The van der Waals surface area contributed by atoms with E-state index in [-0.39, 0.29) is 5.78 Å². The molecule has 0 bridgehead atoms. The average Bonchev–Trinajstić information content (AvgIpc) is 2.47. The molecule has 1 aliphatic carbocycles. The smallest absolute Gasteiger partial charge is 0.161 e. The molecule has 1 aliphatic rings. The monoisotopic (exact) mass is 276 g/mol. The van der Waals surface area contributed by atoms with Crippen LogP contribution in [0, 0.1) is 11.3 Å². The fourth-order valence-corrected chi connectivity index (χ4v) is 2.85. The number of carbonyl (C=O) groups is 1. The number of rotatable bonds is 4. The Balaban J connectivity index is 1.77. The van der Waals surface area contributed by atoms with Crippen LogP contribution >= 0.6 is 0 Å². The second-order valence-electron chi connectivity index (χ2n) is 5.41. The summed E-state index contributed by atoms with van der Waals surface area (Å²) < 4.78 is 0. The molecule has 0 radical (unpaired) electrons. The van der Waals surface area contributed by atoms with Crippen molar-refractivity contribution < 1.29 is 4.79 Å². The van der Waals surface area contributed by atoms with E-state index in [1.54, 1.807) is 25.1 Å². The Morgan fingerprint density at radius 3 is 2.86 bits per heavy atom. The molecule has 1 N–H and O–H groups in total. The van der Waals surface area contributed by atoms with Gasteiger partial charge in [0.1, 0.15) is 0 Å². The minimum Gasteiger partial charge on any atom is -0.384 e. The van der Waals surface area contributed by atoms with Gasteiger partial charge in [0.15, 0.2) is 5.78 Å². The van der Waals surface area contributed by atoms with Crippen LogP contribution in [-0.2, 0) is 6.42 Å². The molecule has 2 aromatic carbocycles. The van der Waals surface area contributed by atoms with Crippen LogP contribution in [0.1, 0.15) is 39.9 Å². The van der Waals surface area contributed by atoms with Crippen LogP contribution in [0.2, 0.25) is 0 Å². The summed E-state index contributed by atoms with van der Waals surface area (Å²) in [5.74, 6) is 0.489. The molecule has 0 aromatic heterocycles. The number of carbonyl (C=O) groups excluding carboxylic acids is 1. The van der Waals surface area contributed by atoms with Crippen LogP contribution in [0.3, 0.4) is 0 Å². The summed E-state index contributed by atoms with van der Waals surface area (Å²) in [4.78, 5) is 11.7. The molecule has 0 spiro atoms. The van der Waals surface area contributed by atoms with Crippen LogP contribution in [0.5, 0.6) is 0 Å². The van der Waals surface area contributed by atoms with Crippen molar-refractivity contribution in [2.45, 2.75) is 19.3 Å². The highest BCUT2D eigenvalue weighted by molar-refractivity contribution is 5.99. The molecule has 104 valence electrons. The molecule has 0 saturated heterocycles. The van der Waals surface area contributed by atoms with Crippen molar-refractivity contribution in [2.24, 2.45) is 0 Å². The summed E-state index contributed by atoms with van der Waals surface area (Å²) in [7, 11) is 0. The van der Waals surface area contributed by atoms with Crippen LogP contribution < -0.4 is 5.32 Å². The number of anilines is 1. The maximum atomic E-state index is 11.7. The van der Waals surface area contributed by atoms with Crippen molar-refractivity contribution in [3.05, 3.63) is 64.7 Å². The van der Waals surface area contributed by atoms with Crippen LogP contribution in [0.25, 0.3) is 0 Å². The number of nitriles is 1. The second kappa shape index (κ2) is 5.41. The number of Topliss-reactive ketones (excluding diaryl/α,β-unsaturated/α-hetero) is 1. The van der Waals surface area contributed by atoms with Gasteiger partial charge in [-0.15, -0.1) is 0 Å². The normalized spacial score (nSPS) is 15.5. The standard InChI is InChI=1S/C18H16N2O/c1-12(21)16-7-6-13(10-19)8-18(16)20-11-15-9-14-4-2-3-5-17(14)15/h2-8,15,20H,9,11H2,1H3. The lowest BCUT2D eigenvalue weighted by atomic mass is 9.77. The Hall–Kier alpha value is -2.60. The molecule has 0 aliphatic heterocycles. The van der Waals surface area contributed by atoms with Gasteiger partial charge in [0.05, 0.1) is 11.6 Å². The van der Waals surface area contributed by atoms with Gasteiger partial charge in [0.2, 0.25) is 0 Å². The van der Waals surface area contributed by atoms with Crippen molar-refractivity contribution in [1.82, 2.24) is 0 Å². The summed E-state index contributed by atoms with van der Waals surface area (Å²) in [5, 5.41) is 12.3. The van der Waals surface area contributed by atoms with Crippen molar-refractivity contribution in [1.29, 1.82) is 5.26 Å². The predicted octanol–water partition coefficient (Wildman–Crippen LogP) is 3.51. The first kappa shape index (κ1) is 13.4. The molecule has 21 heavy (non-hydrogen) atoms. The number of benzene rings is 2. The first-order valence-electron chi connectivity index (χ1n) is 7.06. The Bertz CT molecular complexity index is 743. The Morgan fingerprint density at radius 2 is 2.14 bits per heavy atom. The number of ketones is 1. The first-order chi connectivity index (χ1) is 10.2. The van der Waals surface area contributed by atoms with E-state index >= 15 is 0 Å². The van der Waals surface area contributed by atoms with Gasteiger partial charge in [-0.1, -0.05) is 24.3 Å². The van der Waals surface area contributed by atoms with E-state index in [1.165, 1.54) is 11.1 Å². The molecule has 0 fully saturated rings. The molecule has 0 saturated carbocycles. The highest BCUT2D eigenvalue weighted by atomic mass is 16.1. The third kappa shape index (κ3) is 2.53. The lowest BCUT2D eigenvalue weighted by molar-refractivity contribution is 0.101. The predicted molar refractivity (Wildman–Crippen MR) is 82.5 cm³/mol. The van der Waals surface area contributed by atoms with Crippen LogP contribution in [-0.4, -0.2) is 12.3 Å². The SMILES string of the molecule is CC(=O)c1ccc(C#N)cc1NCC1Cc2ccccc21. The first-order valence-corrected chi connectivity index (χ1v) is 7.06. The number of nitrogens with zero attached hydrogens (tertiary/aromatic N) is 1. The summed E-state index contributed by atoms with van der Waals surface area (Å²) in [6, 6.07) is 15.7. The Kier molecular flexibility index (Phi) is 3.45. The van der Waals surface area contributed by atoms with Crippen LogP contribution in [0.15, 0.2) is 42.5 Å². The Morgan fingerprint density at radius 1 is 1.33 bits per heavy atom. The number of fused-ring (bicyclic) bond motifs is 1. The van der Waals surface area contributed by atoms with Gasteiger partial charge >= 0.3 is 0 Å². The molecule has 3 rings (SSSR count). The van der Waals surface area contributed by atoms with E-state index in [2.05, 4.69) is 35.7 Å². The van der Waals surface area contributed by atoms with E-state index < -0.39 is 0 Å². The van der Waals surface area contributed by atoms with Gasteiger partial charge in [-0.25, -0.2) is 0 Å². The molecule has 1 atom stereocenters. The minimum absolute atomic E-state index is 0.0102. The zero-order valence-electron chi connectivity index (χ0n) is 11.9. The zero-order chi connectivity index (χ0) is 14.8. The molecule has 0 heterocycles. The minimum atomic E-state index is 0.0102. The fraction of sp³-hybridized carbons (Fsp3) is 0.222. The summed E-state index contributed by atoms with van der Waals surface area (Å²) in [6.07, 6.45) is 1.07. The summed E-state index contributed by atoms with van der Waals surface area (Å²) in [5.41, 5.74) is 4.75. The second-order valence-corrected chi connectivity index (χ2v) is 5.41. The number of nitrogens with one attached hydrogen (secondary N) is 1. The van der Waals surface area contributed by atoms with Gasteiger partial charge in [-0.2, -0.15) is 5.26 Å². The Labute approximate surface area is 124 Å². The quantitative estimate of drug-likeness (QED) is 0.869. The van der Waals surface area contributed by atoms with Gasteiger partial charge in [0, 0.05) is 23.7 Å². The van der Waals surface area contributed by atoms with Crippen molar-refractivity contribution >= 4 is 11.5 Å². The lowest BCUT2D eigenvalue weighted by Crippen LogP contribution is -2.24. The van der Waals surface area contributed by atoms with Gasteiger partial charge in [0.25, 0.3) is 0 Å². The largest absolute Gasteiger partial charge is 0.384 e. The molecule has 1 unspecified atom stereocenters. The maximum Gasteiger partial charge on any atom is 0.161 e. The fourth-order valence-electron chi connectivity index (χ4n) is 2.85. The third-order valence-electron chi connectivity index (χ3n) is 4.03. The van der Waals surface area contributed by atoms with Gasteiger partial charge in [-0.3, -0.25) is 4.79 Å². The van der Waals surface area contributed by atoms with E-state index in [9.17, 15) is 4.79 Å². The number of hydrogen-bond acceptors (Lipinski definition) is 3. The van der Waals surface area contributed by atoms with Crippen LogP contribution in [0.4, 0.5) is 5.69 Å². The molecule has 3 heteroatoms. The molecule has 3 nitrogen and oxygen atoms in total. The van der Waals surface area contributed by atoms with E-state index in [0.29, 0.717) is 17.0 Å². The van der Waals surface area contributed by atoms with Crippen molar-refractivity contribution in [2.75, 3.05) is 11.9 Å². The molecule has 2 aromatic rings. The molecule has 0 amide bonds. The third-order valence-corrected chi connectivity index (χ3v) is 4.03. The van der Waals surface area contributed by atoms with E-state index in [1.807, 2.05) is 0 Å². The highest BCUT2D eigenvalue weighted by Gasteiger charge is 2.25. The highest BCUT2D eigenvalue weighted by Crippen LogP contribution is 2.35. The van der Waals surface area contributed by atoms with Crippen molar-refractivity contribution in [3.63, 3.8) is 0 Å². The zero-order valence-corrected chi connectivity index (χ0v) is 11.9. The topological polar surface area (TPSA) is 52.9 Å². The molecular weight excluding hydrogens is 260 g/mol. The molecular formula is C18H16N2O. The average molecular weight is 276 g/mol. The lowest BCUT2D eigenvalue weighted by Gasteiger charge is -2.30. The van der Waals surface area contributed by atoms with Crippen molar-refractivity contribution in [3.8, 4) is 6.07 Å². The van der Waals surface area contributed by atoms with Gasteiger partial charge < -0.3 is 5.32 Å². The maximum absolute atomic E-state index is 11.7. The van der Waals surface area contributed by atoms with E-state index in [4.69, 9.17) is 5.26 Å².